The Kier molecular flexibility index (Phi) is 3.65. The molecule has 0 spiro atoms. The fraction of sp³-hybridized carbons (Fsp3) is 0.625. The Labute approximate surface area is 115 Å². The Balaban J connectivity index is 1.57. The van der Waals surface area contributed by atoms with Crippen LogP contribution in [0.5, 0.6) is 11.5 Å². The lowest BCUT2D eigenvalue weighted by molar-refractivity contribution is 0.174. The maximum atomic E-state index is 5.42. The van der Waals surface area contributed by atoms with Crippen LogP contribution in [0.3, 0.4) is 0 Å². The van der Waals surface area contributed by atoms with E-state index >= 15 is 0 Å². The molecule has 3 heteroatoms. The summed E-state index contributed by atoms with van der Waals surface area (Å²) >= 11 is 0. The van der Waals surface area contributed by atoms with Crippen LogP contribution in [-0.2, 0) is 6.54 Å². The maximum absolute atomic E-state index is 5.42. The quantitative estimate of drug-likeness (QED) is 0.905. The van der Waals surface area contributed by atoms with E-state index in [-0.39, 0.29) is 0 Å². The van der Waals surface area contributed by atoms with Crippen LogP contribution in [0, 0.1) is 11.8 Å². The first kappa shape index (κ1) is 12.8. The van der Waals surface area contributed by atoms with Crippen LogP contribution in [0.15, 0.2) is 18.2 Å². The fourth-order valence-electron chi connectivity index (χ4n) is 3.27. The number of ether oxygens (including phenoxy) is 2. The molecule has 0 radical (unpaired) electrons. The topological polar surface area (TPSA) is 30.5 Å². The molecule has 3 nitrogen and oxygen atoms in total. The number of fused-ring (bicyclic) bond motifs is 1. The zero-order valence-corrected chi connectivity index (χ0v) is 11.8. The summed E-state index contributed by atoms with van der Waals surface area (Å²) in [5.41, 5.74) is 1.27. The van der Waals surface area contributed by atoms with Gasteiger partial charge in [0, 0.05) is 12.6 Å². The minimum absolute atomic E-state index is 0.351. The minimum Gasteiger partial charge on any atom is -0.454 e. The van der Waals surface area contributed by atoms with Crippen molar-refractivity contribution in [3.63, 3.8) is 0 Å². The second kappa shape index (κ2) is 5.41. The van der Waals surface area contributed by atoms with Crippen molar-refractivity contribution in [2.24, 2.45) is 11.8 Å². The van der Waals surface area contributed by atoms with E-state index in [0.717, 1.165) is 29.9 Å². The summed E-state index contributed by atoms with van der Waals surface area (Å²) in [7, 11) is 0. The SMILES string of the molecule is CC1CCC(NCc2ccc3c(c2)OCO3)C(C)C1. The molecule has 1 N–H and O–H groups in total. The molecular weight excluding hydrogens is 238 g/mol. The molecule has 3 unspecified atom stereocenters. The highest BCUT2D eigenvalue weighted by Gasteiger charge is 2.24. The summed E-state index contributed by atoms with van der Waals surface area (Å²) in [6, 6.07) is 6.87. The average molecular weight is 261 g/mol. The van der Waals surface area contributed by atoms with Crippen LogP contribution in [0.4, 0.5) is 0 Å². The lowest BCUT2D eigenvalue weighted by Crippen LogP contribution is -2.38. The van der Waals surface area contributed by atoms with Crippen LogP contribution in [0.25, 0.3) is 0 Å². The number of nitrogens with one attached hydrogen (secondary N) is 1. The van der Waals surface area contributed by atoms with Gasteiger partial charge in [0.2, 0.25) is 6.79 Å². The van der Waals surface area contributed by atoms with Crippen molar-refractivity contribution in [2.75, 3.05) is 6.79 Å². The molecule has 2 aliphatic rings. The first-order valence-corrected chi connectivity index (χ1v) is 7.34. The normalized spacial score (nSPS) is 29.5. The van der Waals surface area contributed by atoms with E-state index in [1.54, 1.807) is 0 Å². The summed E-state index contributed by atoms with van der Waals surface area (Å²) in [4.78, 5) is 0. The number of hydrogen-bond acceptors (Lipinski definition) is 3. The first-order chi connectivity index (χ1) is 9.22. The number of hydrogen-bond donors (Lipinski definition) is 1. The molecule has 0 aromatic heterocycles. The van der Waals surface area contributed by atoms with Gasteiger partial charge in [-0.05, 0) is 48.8 Å². The Morgan fingerprint density at radius 2 is 2.00 bits per heavy atom. The highest BCUT2D eigenvalue weighted by atomic mass is 16.7. The highest BCUT2D eigenvalue weighted by Crippen LogP contribution is 2.33. The Morgan fingerprint density at radius 3 is 2.84 bits per heavy atom. The maximum Gasteiger partial charge on any atom is 0.231 e. The third-order valence-corrected chi connectivity index (χ3v) is 4.44. The molecule has 1 saturated carbocycles. The molecule has 0 saturated heterocycles. The van der Waals surface area contributed by atoms with Crippen LogP contribution < -0.4 is 14.8 Å². The molecule has 104 valence electrons. The smallest absolute Gasteiger partial charge is 0.231 e. The van der Waals surface area contributed by atoms with E-state index in [0.29, 0.717) is 12.8 Å². The molecule has 1 fully saturated rings. The summed E-state index contributed by atoms with van der Waals surface area (Å²) < 4.78 is 10.8. The van der Waals surface area contributed by atoms with Crippen LogP contribution in [0.1, 0.15) is 38.7 Å². The van der Waals surface area contributed by atoms with E-state index in [1.165, 1.54) is 24.8 Å². The third-order valence-electron chi connectivity index (χ3n) is 4.44. The van der Waals surface area contributed by atoms with Gasteiger partial charge in [0.25, 0.3) is 0 Å². The Hall–Kier alpha value is -1.22. The van der Waals surface area contributed by atoms with E-state index in [1.807, 2.05) is 6.07 Å². The van der Waals surface area contributed by atoms with Crippen molar-refractivity contribution in [3.05, 3.63) is 23.8 Å². The van der Waals surface area contributed by atoms with Crippen molar-refractivity contribution in [3.8, 4) is 11.5 Å². The van der Waals surface area contributed by atoms with E-state index in [2.05, 4.69) is 31.3 Å². The molecular formula is C16H23NO2. The summed E-state index contributed by atoms with van der Waals surface area (Å²) in [6.45, 7) is 6.00. The van der Waals surface area contributed by atoms with Crippen molar-refractivity contribution in [1.82, 2.24) is 5.32 Å². The minimum atomic E-state index is 0.351. The van der Waals surface area contributed by atoms with E-state index in [4.69, 9.17) is 9.47 Å². The fourth-order valence-corrected chi connectivity index (χ4v) is 3.27. The highest BCUT2D eigenvalue weighted by molar-refractivity contribution is 5.44. The summed E-state index contributed by atoms with van der Waals surface area (Å²) in [6.07, 6.45) is 3.99. The van der Waals surface area contributed by atoms with Crippen molar-refractivity contribution < 1.29 is 9.47 Å². The molecule has 0 amide bonds. The van der Waals surface area contributed by atoms with Gasteiger partial charge in [-0.2, -0.15) is 0 Å². The average Bonchev–Trinajstić information content (AvgIpc) is 2.85. The second-order valence-corrected chi connectivity index (χ2v) is 6.07. The Bertz CT molecular complexity index is 446. The lowest BCUT2D eigenvalue weighted by Gasteiger charge is -2.33. The van der Waals surface area contributed by atoms with Crippen molar-refractivity contribution in [1.29, 1.82) is 0 Å². The van der Waals surface area contributed by atoms with E-state index < -0.39 is 0 Å². The standard InChI is InChI=1S/C16H23NO2/c1-11-3-5-14(12(2)7-11)17-9-13-4-6-15-16(8-13)19-10-18-15/h4,6,8,11-12,14,17H,3,5,7,9-10H2,1-2H3. The monoisotopic (exact) mass is 261 g/mol. The summed E-state index contributed by atoms with van der Waals surface area (Å²) in [5.74, 6) is 3.41. The van der Waals surface area contributed by atoms with Gasteiger partial charge in [-0.3, -0.25) is 0 Å². The van der Waals surface area contributed by atoms with Crippen molar-refractivity contribution >= 4 is 0 Å². The zero-order chi connectivity index (χ0) is 13.2. The second-order valence-electron chi connectivity index (χ2n) is 6.07. The molecule has 1 aliphatic carbocycles. The van der Waals surface area contributed by atoms with Crippen LogP contribution in [-0.4, -0.2) is 12.8 Å². The van der Waals surface area contributed by atoms with E-state index in [9.17, 15) is 0 Å². The molecule has 3 rings (SSSR count). The summed E-state index contributed by atoms with van der Waals surface area (Å²) in [5, 5.41) is 3.70. The largest absolute Gasteiger partial charge is 0.454 e. The zero-order valence-electron chi connectivity index (χ0n) is 11.8. The number of benzene rings is 1. The molecule has 3 atom stereocenters. The van der Waals surface area contributed by atoms with Crippen LogP contribution in [0.2, 0.25) is 0 Å². The van der Waals surface area contributed by atoms with Gasteiger partial charge in [0.05, 0.1) is 0 Å². The van der Waals surface area contributed by atoms with Gasteiger partial charge in [-0.1, -0.05) is 19.9 Å². The molecule has 1 aromatic rings. The molecule has 1 aliphatic heterocycles. The molecule has 1 heterocycles. The molecule has 0 bridgehead atoms. The van der Waals surface area contributed by atoms with Gasteiger partial charge in [-0.15, -0.1) is 0 Å². The van der Waals surface area contributed by atoms with Crippen molar-refractivity contribution in [2.45, 2.75) is 45.7 Å². The number of rotatable bonds is 3. The lowest BCUT2D eigenvalue weighted by atomic mass is 9.80. The van der Waals surface area contributed by atoms with Gasteiger partial charge >= 0.3 is 0 Å². The third kappa shape index (κ3) is 2.86. The molecule has 19 heavy (non-hydrogen) atoms. The predicted octanol–water partition coefficient (Wildman–Crippen LogP) is 3.33. The Morgan fingerprint density at radius 1 is 1.16 bits per heavy atom. The van der Waals surface area contributed by atoms with Gasteiger partial charge < -0.3 is 14.8 Å². The predicted molar refractivity (Wildman–Crippen MR) is 75.4 cm³/mol. The van der Waals surface area contributed by atoms with Gasteiger partial charge in [-0.25, -0.2) is 0 Å². The van der Waals surface area contributed by atoms with Crippen LogP contribution >= 0.6 is 0 Å². The van der Waals surface area contributed by atoms with Gasteiger partial charge in [0.15, 0.2) is 11.5 Å². The van der Waals surface area contributed by atoms with Gasteiger partial charge in [0.1, 0.15) is 0 Å². The molecule has 1 aromatic carbocycles. The first-order valence-electron chi connectivity index (χ1n) is 7.34.